The normalized spacial score (nSPS) is 11.4. The van der Waals surface area contributed by atoms with E-state index < -0.39 is 21.8 Å². The number of fused-ring (bicyclic) bond motifs is 1. The molecular weight excluding hydrogens is 406 g/mol. The van der Waals surface area contributed by atoms with Crippen LogP contribution in [0.1, 0.15) is 33.7 Å². The van der Waals surface area contributed by atoms with Gasteiger partial charge in [0.25, 0.3) is 0 Å². The second-order valence-corrected chi connectivity index (χ2v) is 8.72. The molecule has 2 amide bonds. The summed E-state index contributed by atoms with van der Waals surface area (Å²) in [5, 5.41) is 0.815. The van der Waals surface area contributed by atoms with Crippen LogP contribution < -0.4 is 15.6 Å². The zero-order valence-corrected chi connectivity index (χ0v) is 17.7. The number of nitrogens with one attached hydrogen (secondary N) is 3. The number of para-hydroxylation sites is 1. The Kier molecular flexibility index (Phi) is 6.23. The lowest BCUT2D eigenvalue weighted by atomic mass is 10.1. The summed E-state index contributed by atoms with van der Waals surface area (Å²) in [7, 11) is -3.72. The number of hydrogen-bond acceptors (Lipinski definition) is 5. The van der Waals surface area contributed by atoms with Crippen molar-refractivity contribution in [1.29, 1.82) is 0 Å². The van der Waals surface area contributed by atoms with Crippen molar-refractivity contribution in [3.05, 3.63) is 64.9 Å². The van der Waals surface area contributed by atoms with Gasteiger partial charge in [0.2, 0.25) is 15.9 Å². The fourth-order valence-corrected chi connectivity index (χ4v) is 4.02. The first-order valence-electron chi connectivity index (χ1n) is 9.33. The van der Waals surface area contributed by atoms with E-state index in [1.54, 1.807) is 31.2 Å². The van der Waals surface area contributed by atoms with Gasteiger partial charge in [-0.05, 0) is 50.1 Å². The number of hydrogen-bond donors (Lipinski definition) is 3. The van der Waals surface area contributed by atoms with E-state index in [4.69, 9.17) is 4.42 Å². The average molecular weight is 429 g/mol. The molecular formula is C21H23N3O5S. The number of rotatable bonds is 6. The Morgan fingerprint density at radius 2 is 1.70 bits per heavy atom. The minimum Gasteiger partial charge on any atom is -0.451 e. The first kappa shape index (κ1) is 21.5. The van der Waals surface area contributed by atoms with Gasteiger partial charge in [0, 0.05) is 23.9 Å². The number of carbonyl (C=O) groups is 2. The van der Waals surface area contributed by atoms with E-state index in [2.05, 4.69) is 15.6 Å². The molecule has 0 fully saturated rings. The van der Waals surface area contributed by atoms with Crippen LogP contribution in [0, 0.1) is 20.8 Å². The Hall–Kier alpha value is -3.17. The van der Waals surface area contributed by atoms with Crippen LogP contribution >= 0.6 is 0 Å². The minimum atomic E-state index is -3.72. The molecule has 1 aromatic heterocycles. The molecule has 9 heteroatoms. The molecule has 1 heterocycles. The molecule has 2 aromatic carbocycles. The van der Waals surface area contributed by atoms with Crippen molar-refractivity contribution in [3.8, 4) is 0 Å². The Balaban J connectivity index is 1.51. The maximum atomic E-state index is 12.3. The summed E-state index contributed by atoms with van der Waals surface area (Å²) >= 11 is 0. The minimum absolute atomic E-state index is 0.104. The Bertz CT molecular complexity index is 1210. The lowest BCUT2D eigenvalue weighted by Gasteiger charge is -2.09. The van der Waals surface area contributed by atoms with Crippen molar-refractivity contribution >= 4 is 32.8 Å². The Morgan fingerprint density at radius 1 is 0.967 bits per heavy atom. The number of benzene rings is 2. The van der Waals surface area contributed by atoms with E-state index in [9.17, 15) is 18.0 Å². The molecule has 3 aromatic rings. The molecule has 30 heavy (non-hydrogen) atoms. The van der Waals surface area contributed by atoms with Crippen molar-refractivity contribution in [2.24, 2.45) is 0 Å². The topological polar surface area (TPSA) is 118 Å². The van der Waals surface area contributed by atoms with Gasteiger partial charge in [-0.2, -0.15) is 0 Å². The van der Waals surface area contributed by atoms with Crippen molar-refractivity contribution in [1.82, 2.24) is 15.6 Å². The number of furan rings is 1. The fraction of sp³-hybridized carbons (Fsp3) is 0.238. The van der Waals surface area contributed by atoms with Crippen LogP contribution in [-0.4, -0.2) is 26.8 Å². The van der Waals surface area contributed by atoms with Crippen molar-refractivity contribution in [3.63, 3.8) is 0 Å². The van der Waals surface area contributed by atoms with Crippen LogP contribution in [0.3, 0.4) is 0 Å². The highest BCUT2D eigenvalue weighted by Crippen LogP contribution is 2.24. The highest BCUT2D eigenvalue weighted by molar-refractivity contribution is 7.89. The molecule has 0 spiro atoms. The average Bonchev–Trinajstić information content (AvgIpc) is 3.05. The number of carbonyl (C=O) groups excluding carboxylic acids is 2. The first-order chi connectivity index (χ1) is 14.2. The van der Waals surface area contributed by atoms with E-state index in [-0.39, 0.29) is 23.6 Å². The first-order valence-corrected chi connectivity index (χ1v) is 10.8. The predicted molar refractivity (Wildman–Crippen MR) is 112 cm³/mol. The standard InChI is InChI=1S/C21H23N3O5S/c1-13-8-9-16(12-14(13)2)30(27,28)22-11-10-19(25)23-24-21(26)20-15(3)17-6-4-5-7-18(17)29-20/h4-9,12,22H,10-11H2,1-3H3,(H,23,25)(H,24,26). The van der Waals surface area contributed by atoms with Crippen molar-refractivity contribution in [2.75, 3.05) is 6.54 Å². The van der Waals surface area contributed by atoms with Crippen molar-refractivity contribution in [2.45, 2.75) is 32.1 Å². The molecule has 0 aliphatic carbocycles. The highest BCUT2D eigenvalue weighted by atomic mass is 32.2. The van der Waals surface area contributed by atoms with Gasteiger partial charge in [0.05, 0.1) is 4.90 Å². The summed E-state index contributed by atoms with van der Waals surface area (Å²) in [6, 6.07) is 12.0. The number of amides is 2. The van der Waals surface area contributed by atoms with Crippen LogP contribution in [0.25, 0.3) is 11.0 Å². The summed E-state index contributed by atoms with van der Waals surface area (Å²) in [5.74, 6) is -1.03. The SMILES string of the molecule is Cc1ccc(S(=O)(=O)NCCC(=O)NNC(=O)c2oc3ccccc3c2C)cc1C. The third-order valence-corrected chi connectivity index (χ3v) is 6.26. The van der Waals surface area contributed by atoms with E-state index in [1.807, 2.05) is 26.0 Å². The molecule has 3 rings (SSSR count). The summed E-state index contributed by atoms with van der Waals surface area (Å²) < 4.78 is 32.6. The number of sulfonamides is 1. The Labute approximate surface area is 174 Å². The summed E-state index contributed by atoms with van der Waals surface area (Å²) in [6.07, 6.45) is -0.149. The third-order valence-electron chi connectivity index (χ3n) is 4.80. The molecule has 0 aliphatic heterocycles. The number of aryl methyl sites for hydroxylation is 3. The monoisotopic (exact) mass is 429 g/mol. The maximum Gasteiger partial charge on any atom is 0.305 e. The largest absolute Gasteiger partial charge is 0.451 e. The van der Waals surface area contributed by atoms with E-state index >= 15 is 0 Å². The van der Waals surface area contributed by atoms with Crippen LogP contribution in [0.15, 0.2) is 51.8 Å². The van der Waals surface area contributed by atoms with Gasteiger partial charge < -0.3 is 4.42 Å². The van der Waals surface area contributed by atoms with Gasteiger partial charge >= 0.3 is 5.91 Å². The van der Waals surface area contributed by atoms with Crippen LogP contribution in [0.4, 0.5) is 0 Å². The second-order valence-electron chi connectivity index (χ2n) is 6.95. The summed E-state index contributed by atoms with van der Waals surface area (Å²) in [5.41, 5.74) is 7.64. The molecule has 0 aliphatic rings. The van der Waals surface area contributed by atoms with Gasteiger partial charge in [0.1, 0.15) is 5.58 Å². The Morgan fingerprint density at radius 3 is 2.40 bits per heavy atom. The van der Waals surface area contributed by atoms with E-state index in [0.717, 1.165) is 16.5 Å². The predicted octanol–water partition coefficient (Wildman–Crippen LogP) is 2.49. The molecule has 3 N–H and O–H groups in total. The zero-order chi connectivity index (χ0) is 21.9. The molecule has 0 unspecified atom stereocenters. The maximum absolute atomic E-state index is 12.3. The highest BCUT2D eigenvalue weighted by Gasteiger charge is 2.18. The van der Waals surface area contributed by atoms with Gasteiger partial charge in [-0.15, -0.1) is 0 Å². The van der Waals surface area contributed by atoms with E-state index in [0.29, 0.717) is 11.1 Å². The summed E-state index contributed by atoms with van der Waals surface area (Å²) in [6.45, 7) is 5.36. The summed E-state index contributed by atoms with van der Waals surface area (Å²) in [4.78, 5) is 24.4. The second kappa shape index (κ2) is 8.68. The molecule has 8 nitrogen and oxygen atoms in total. The fourth-order valence-electron chi connectivity index (χ4n) is 2.90. The number of hydrazine groups is 1. The molecule has 0 radical (unpaired) electrons. The van der Waals surface area contributed by atoms with Crippen LogP contribution in [-0.2, 0) is 14.8 Å². The molecule has 0 saturated heterocycles. The molecule has 158 valence electrons. The quantitative estimate of drug-likeness (QED) is 0.521. The van der Waals surface area contributed by atoms with Crippen LogP contribution in [0.5, 0.6) is 0 Å². The van der Waals surface area contributed by atoms with Crippen LogP contribution in [0.2, 0.25) is 0 Å². The molecule has 0 saturated carbocycles. The zero-order valence-electron chi connectivity index (χ0n) is 16.9. The van der Waals surface area contributed by atoms with E-state index in [1.165, 1.54) is 6.07 Å². The smallest absolute Gasteiger partial charge is 0.305 e. The molecule has 0 atom stereocenters. The van der Waals surface area contributed by atoms with Gasteiger partial charge in [-0.1, -0.05) is 24.3 Å². The lowest BCUT2D eigenvalue weighted by Crippen LogP contribution is -2.42. The van der Waals surface area contributed by atoms with Crippen molar-refractivity contribution < 1.29 is 22.4 Å². The third kappa shape index (κ3) is 4.69. The van der Waals surface area contributed by atoms with Gasteiger partial charge in [0.15, 0.2) is 5.76 Å². The van der Waals surface area contributed by atoms with Gasteiger partial charge in [-0.25, -0.2) is 13.1 Å². The molecule has 0 bridgehead atoms. The lowest BCUT2D eigenvalue weighted by molar-refractivity contribution is -0.121. The van der Waals surface area contributed by atoms with Gasteiger partial charge in [-0.3, -0.25) is 20.4 Å².